The van der Waals surface area contributed by atoms with Crippen LogP contribution in [-0.2, 0) is 4.79 Å². The van der Waals surface area contributed by atoms with Crippen molar-refractivity contribution in [3.63, 3.8) is 0 Å². The summed E-state index contributed by atoms with van der Waals surface area (Å²) in [7, 11) is 0. The maximum Gasteiger partial charge on any atom is 0.231 e. The van der Waals surface area contributed by atoms with Crippen LogP contribution in [-0.4, -0.2) is 37.0 Å². The van der Waals surface area contributed by atoms with Crippen LogP contribution in [0.15, 0.2) is 24.3 Å². The molecule has 1 aromatic rings. The summed E-state index contributed by atoms with van der Waals surface area (Å²) in [5, 5.41) is 8.81. The fourth-order valence-electron chi connectivity index (χ4n) is 1.82. The Bertz CT molecular complexity index is 468. The number of unbranched alkanes of at least 4 members (excludes halogenated alkanes) is 1. The number of hydrogen-bond donors (Lipinski definition) is 1. The van der Waals surface area contributed by atoms with Gasteiger partial charge < -0.3 is 10.5 Å². The fraction of sp³-hybridized carbons (Fsp3) is 0.467. The van der Waals surface area contributed by atoms with Crippen molar-refractivity contribution in [1.82, 2.24) is 4.90 Å². The molecule has 5 heteroatoms. The van der Waals surface area contributed by atoms with Crippen LogP contribution in [0.4, 0.5) is 0 Å². The molecule has 0 saturated heterocycles. The van der Waals surface area contributed by atoms with Gasteiger partial charge in [-0.05, 0) is 31.2 Å². The number of carbonyl (C=O) groups is 1. The van der Waals surface area contributed by atoms with Crippen molar-refractivity contribution in [1.29, 1.82) is 5.26 Å². The summed E-state index contributed by atoms with van der Waals surface area (Å²) < 4.78 is 5.60. The zero-order valence-corrected chi connectivity index (χ0v) is 11.8. The minimum atomic E-state index is -0.326. The topological polar surface area (TPSA) is 79.3 Å². The van der Waals surface area contributed by atoms with E-state index in [0.717, 1.165) is 19.4 Å². The van der Waals surface area contributed by atoms with Gasteiger partial charge in [0.25, 0.3) is 0 Å². The lowest BCUT2D eigenvalue weighted by Crippen LogP contribution is -2.37. The zero-order valence-electron chi connectivity index (χ0n) is 11.8. The zero-order chi connectivity index (χ0) is 14.8. The van der Waals surface area contributed by atoms with Gasteiger partial charge in [-0.1, -0.05) is 19.4 Å². The number of benzene rings is 1. The molecular formula is C15H21N3O2. The second kappa shape index (κ2) is 8.94. The van der Waals surface area contributed by atoms with Gasteiger partial charge in [0.05, 0.1) is 18.2 Å². The van der Waals surface area contributed by atoms with Crippen molar-refractivity contribution >= 4 is 5.91 Å². The summed E-state index contributed by atoms with van der Waals surface area (Å²) in [5.74, 6) is 0.339. The SMILES string of the molecule is CCCCN(CCOc1cccc(C#N)c1)CC(N)=O. The molecule has 0 aromatic heterocycles. The van der Waals surface area contributed by atoms with Crippen LogP contribution in [0.1, 0.15) is 25.3 Å². The first-order valence-electron chi connectivity index (χ1n) is 6.79. The molecule has 5 nitrogen and oxygen atoms in total. The summed E-state index contributed by atoms with van der Waals surface area (Å²) in [5.41, 5.74) is 5.80. The third kappa shape index (κ3) is 6.21. The Balaban J connectivity index is 2.42. The highest BCUT2D eigenvalue weighted by Crippen LogP contribution is 2.12. The molecule has 0 fully saturated rings. The van der Waals surface area contributed by atoms with E-state index in [1.54, 1.807) is 18.2 Å². The van der Waals surface area contributed by atoms with E-state index in [2.05, 4.69) is 13.0 Å². The first-order chi connectivity index (χ1) is 9.65. The molecular weight excluding hydrogens is 254 g/mol. The Morgan fingerprint density at radius 3 is 2.90 bits per heavy atom. The van der Waals surface area contributed by atoms with Gasteiger partial charge in [-0.25, -0.2) is 0 Å². The summed E-state index contributed by atoms with van der Waals surface area (Å²) in [6.45, 7) is 4.29. The van der Waals surface area contributed by atoms with E-state index in [1.807, 2.05) is 11.0 Å². The number of ether oxygens (including phenoxy) is 1. The number of primary amides is 1. The van der Waals surface area contributed by atoms with E-state index in [0.29, 0.717) is 24.5 Å². The number of hydrogen-bond acceptors (Lipinski definition) is 4. The van der Waals surface area contributed by atoms with Crippen LogP contribution < -0.4 is 10.5 Å². The Kier molecular flexibility index (Phi) is 7.15. The van der Waals surface area contributed by atoms with Crippen molar-refractivity contribution < 1.29 is 9.53 Å². The van der Waals surface area contributed by atoms with Gasteiger partial charge in [-0.3, -0.25) is 9.69 Å². The predicted molar refractivity (Wildman–Crippen MR) is 77.2 cm³/mol. The Hall–Kier alpha value is -2.06. The average molecular weight is 275 g/mol. The highest BCUT2D eigenvalue weighted by Gasteiger charge is 2.08. The minimum Gasteiger partial charge on any atom is -0.492 e. The molecule has 0 aliphatic carbocycles. The summed E-state index contributed by atoms with van der Waals surface area (Å²) >= 11 is 0. The quantitative estimate of drug-likeness (QED) is 0.741. The lowest BCUT2D eigenvalue weighted by molar-refractivity contribution is -0.119. The highest BCUT2D eigenvalue weighted by atomic mass is 16.5. The van der Waals surface area contributed by atoms with Gasteiger partial charge in [0.2, 0.25) is 5.91 Å². The molecule has 0 spiro atoms. The molecule has 0 bridgehead atoms. The van der Waals surface area contributed by atoms with E-state index in [4.69, 9.17) is 15.7 Å². The molecule has 20 heavy (non-hydrogen) atoms. The van der Waals surface area contributed by atoms with Gasteiger partial charge in [0.1, 0.15) is 12.4 Å². The smallest absolute Gasteiger partial charge is 0.231 e. The van der Waals surface area contributed by atoms with Gasteiger partial charge in [-0.2, -0.15) is 5.26 Å². The van der Waals surface area contributed by atoms with Crippen molar-refractivity contribution in [2.45, 2.75) is 19.8 Å². The normalized spacial score (nSPS) is 10.2. The predicted octanol–water partition coefficient (Wildman–Crippen LogP) is 1.52. The molecule has 0 aliphatic heterocycles. The third-order valence-electron chi connectivity index (χ3n) is 2.85. The molecule has 1 amide bonds. The third-order valence-corrected chi connectivity index (χ3v) is 2.85. The first-order valence-corrected chi connectivity index (χ1v) is 6.79. The number of nitrogens with zero attached hydrogens (tertiary/aromatic N) is 2. The van der Waals surface area contributed by atoms with Crippen LogP contribution in [0.25, 0.3) is 0 Å². The molecule has 0 saturated carbocycles. The van der Waals surface area contributed by atoms with Crippen LogP contribution in [0.2, 0.25) is 0 Å². The molecule has 108 valence electrons. The number of nitriles is 1. The Morgan fingerprint density at radius 2 is 2.25 bits per heavy atom. The summed E-state index contributed by atoms with van der Waals surface area (Å²) in [6.07, 6.45) is 2.09. The number of nitrogens with two attached hydrogens (primary N) is 1. The van der Waals surface area contributed by atoms with Crippen molar-refractivity contribution in [2.24, 2.45) is 5.73 Å². The van der Waals surface area contributed by atoms with E-state index >= 15 is 0 Å². The highest BCUT2D eigenvalue weighted by molar-refractivity contribution is 5.75. The number of carbonyl (C=O) groups excluding carboxylic acids is 1. The Morgan fingerprint density at radius 1 is 1.45 bits per heavy atom. The number of amides is 1. The molecule has 0 radical (unpaired) electrons. The van der Waals surface area contributed by atoms with E-state index < -0.39 is 0 Å². The maximum atomic E-state index is 11.0. The molecule has 1 rings (SSSR count). The van der Waals surface area contributed by atoms with E-state index in [1.165, 1.54) is 0 Å². The average Bonchev–Trinajstić information content (AvgIpc) is 2.44. The molecule has 0 heterocycles. The van der Waals surface area contributed by atoms with Crippen LogP contribution >= 0.6 is 0 Å². The van der Waals surface area contributed by atoms with Crippen LogP contribution in [0.5, 0.6) is 5.75 Å². The van der Waals surface area contributed by atoms with Crippen molar-refractivity contribution in [3.05, 3.63) is 29.8 Å². The molecule has 0 atom stereocenters. The summed E-state index contributed by atoms with van der Waals surface area (Å²) in [4.78, 5) is 13.0. The lowest BCUT2D eigenvalue weighted by atomic mass is 10.2. The molecule has 0 aliphatic rings. The van der Waals surface area contributed by atoms with Gasteiger partial charge in [0, 0.05) is 6.54 Å². The monoisotopic (exact) mass is 275 g/mol. The first kappa shape index (κ1) is 16.0. The molecule has 2 N–H and O–H groups in total. The molecule has 0 unspecified atom stereocenters. The Labute approximate surface area is 119 Å². The maximum absolute atomic E-state index is 11.0. The fourth-order valence-corrected chi connectivity index (χ4v) is 1.82. The summed E-state index contributed by atoms with van der Waals surface area (Å²) in [6, 6.07) is 9.09. The van der Waals surface area contributed by atoms with E-state index in [-0.39, 0.29) is 12.5 Å². The van der Waals surface area contributed by atoms with Crippen LogP contribution in [0.3, 0.4) is 0 Å². The standard InChI is InChI=1S/C15H21N3O2/c1-2-3-7-18(12-15(17)19)8-9-20-14-6-4-5-13(10-14)11-16/h4-6,10H,2-3,7-9,12H2,1H3,(H2,17,19). The molecule has 1 aromatic carbocycles. The second-order valence-electron chi connectivity index (χ2n) is 4.58. The van der Waals surface area contributed by atoms with E-state index in [9.17, 15) is 4.79 Å². The second-order valence-corrected chi connectivity index (χ2v) is 4.58. The number of rotatable bonds is 9. The van der Waals surface area contributed by atoms with Gasteiger partial charge in [0.15, 0.2) is 0 Å². The van der Waals surface area contributed by atoms with Gasteiger partial charge >= 0.3 is 0 Å². The van der Waals surface area contributed by atoms with Gasteiger partial charge in [-0.15, -0.1) is 0 Å². The van der Waals surface area contributed by atoms with Crippen LogP contribution in [0, 0.1) is 11.3 Å². The van der Waals surface area contributed by atoms with Crippen molar-refractivity contribution in [3.8, 4) is 11.8 Å². The lowest BCUT2D eigenvalue weighted by Gasteiger charge is -2.20. The van der Waals surface area contributed by atoms with Crippen molar-refractivity contribution in [2.75, 3.05) is 26.2 Å². The largest absolute Gasteiger partial charge is 0.492 e. The minimum absolute atomic E-state index is 0.252.